The van der Waals surface area contributed by atoms with Gasteiger partial charge in [0.15, 0.2) is 11.5 Å². The number of nitrogens with one attached hydrogen (secondary N) is 1. The van der Waals surface area contributed by atoms with Crippen LogP contribution in [0.25, 0.3) is 11.1 Å². The van der Waals surface area contributed by atoms with E-state index in [9.17, 15) is 10.1 Å². The minimum absolute atomic E-state index is 0.0726. The Morgan fingerprint density at radius 3 is 2.76 bits per heavy atom. The second kappa shape index (κ2) is 7.60. The molecule has 0 fully saturated rings. The van der Waals surface area contributed by atoms with Gasteiger partial charge < -0.3 is 23.9 Å². The fraction of sp³-hybridized carbons (Fsp3) is 0.182. The van der Waals surface area contributed by atoms with Gasteiger partial charge in [0, 0.05) is 22.9 Å². The van der Waals surface area contributed by atoms with Crippen molar-refractivity contribution < 1.29 is 18.9 Å². The summed E-state index contributed by atoms with van der Waals surface area (Å²) in [6, 6.07) is 14.6. The van der Waals surface area contributed by atoms with Crippen molar-refractivity contribution in [3.8, 4) is 40.2 Å². The van der Waals surface area contributed by atoms with Crippen LogP contribution in [0.2, 0.25) is 0 Å². The zero-order valence-electron chi connectivity index (χ0n) is 15.9. The summed E-state index contributed by atoms with van der Waals surface area (Å²) in [7, 11) is 1.58. The van der Waals surface area contributed by atoms with Crippen LogP contribution in [0, 0.1) is 18.3 Å². The minimum Gasteiger partial charge on any atom is -0.496 e. The number of aromatic amines is 1. The van der Waals surface area contributed by atoms with Crippen LogP contribution in [0.1, 0.15) is 16.8 Å². The normalized spacial score (nSPS) is 11.8. The number of hydrogen-bond acceptors (Lipinski definition) is 6. The summed E-state index contributed by atoms with van der Waals surface area (Å²) in [5.74, 6) is 2.60. The lowest BCUT2D eigenvalue weighted by molar-refractivity contribution is 0.173. The van der Waals surface area contributed by atoms with E-state index in [1.54, 1.807) is 44.4 Å². The van der Waals surface area contributed by atoms with Gasteiger partial charge in [0.25, 0.3) is 5.56 Å². The van der Waals surface area contributed by atoms with E-state index in [0.717, 1.165) is 11.1 Å². The zero-order chi connectivity index (χ0) is 20.4. The van der Waals surface area contributed by atoms with Crippen LogP contribution in [0.3, 0.4) is 0 Å². The van der Waals surface area contributed by atoms with Crippen molar-refractivity contribution in [2.24, 2.45) is 0 Å². The van der Waals surface area contributed by atoms with E-state index < -0.39 is 5.56 Å². The lowest BCUT2D eigenvalue weighted by Gasteiger charge is -2.13. The average molecular weight is 390 g/mol. The quantitative estimate of drug-likeness (QED) is 0.716. The van der Waals surface area contributed by atoms with Gasteiger partial charge in [-0.25, -0.2) is 0 Å². The molecular formula is C22H18N2O5. The topological polar surface area (TPSA) is 93.6 Å². The number of pyridine rings is 1. The second-order valence-corrected chi connectivity index (χ2v) is 6.51. The molecule has 1 aliphatic heterocycles. The molecule has 0 saturated carbocycles. The van der Waals surface area contributed by atoms with Gasteiger partial charge in [-0.1, -0.05) is 6.07 Å². The van der Waals surface area contributed by atoms with Gasteiger partial charge >= 0.3 is 0 Å². The molecule has 7 nitrogen and oxygen atoms in total. The summed E-state index contributed by atoms with van der Waals surface area (Å²) in [6.45, 7) is 2.21. The number of ether oxygens (including phenoxy) is 4. The minimum atomic E-state index is -0.406. The van der Waals surface area contributed by atoms with Crippen molar-refractivity contribution >= 4 is 0 Å². The summed E-state index contributed by atoms with van der Waals surface area (Å²) < 4.78 is 22.0. The van der Waals surface area contributed by atoms with E-state index in [1.165, 1.54) is 0 Å². The highest BCUT2D eigenvalue weighted by Crippen LogP contribution is 2.36. The molecule has 7 heteroatoms. The number of H-pyrrole nitrogens is 1. The first kappa shape index (κ1) is 18.4. The Balaban J connectivity index is 1.66. The number of nitrogens with zero attached hydrogens (tertiary/aromatic N) is 1. The third-order valence-electron chi connectivity index (χ3n) is 4.61. The Hall–Kier alpha value is -3.92. The number of aromatic nitrogens is 1. The van der Waals surface area contributed by atoms with Gasteiger partial charge in [0.05, 0.1) is 7.11 Å². The number of hydrogen-bond donors (Lipinski definition) is 1. The van der Waals surface area contributed by atoms with Crippen molar-refractivity contribution in [1.82, 2.24) is 4.98 Å². The van der Waals surface area contributed by atoms with Crippen molar-refractivity contribution in [3.05, 3.63) is 69.6 Å². The van der Waals surface area contributed by atoms with Gasteiger partial charge in [0.1, 0.15) is 29.7 Å². The molecule has 0 saturated heterocycles. The molecule has 0 aliphatic carbocycles. The van der Waals surface area contributed by atoms with Gasteiger partial charge in [-0.15, -0.1) is 0 Å². The molecule has 146 valence electrons. The Labute approximate surface area is 167 Å². The molecule has 2 aromatic carbocycles. The maximum Gasteiger partial charge on any atom is 0.266 e. The van der Waals surface area contributed by atoms with Gasteiger partial charge in [0.2, 0.25) is 6.79 Å². The van der Waals surface area contributed by atoms with Crippen LogP contribution in [-0.2, 0) is 6.61 Å². The first-order chi connectivity index (χ1) is 14.1. The Morgan fingerprint density at radius 2 is 1.97 bits per heavy atom. The highest BCUT2D eigenvalue weighted by Gasteiger charge is 2.15. The lowest BCUT2D eigenvalue weighted by atomic mass is 9.99. The molecule has 0 radical (unpaired) electrons. The largest absolute Gasteiger partial charge is 0.496 e. The van der Waals surface area contributed by atoms with Crippen LogP contribution in [0.5, 0.6) is 23.0 Å². The number of fused-ring (bicyclic) bond motifs is 1. The van der Waals surface area contributed by atoms with Crippen molar-refractivity contribution in [1.29, 1.82) is 5.26 Å². The first-order valence-electron chi connectivity index (χ1n) is 8.93. The molecule has 2 heterocycles. The molecule has 1 aliphatic rings. The maximum atomic E-state index is 12.1. The molecule has 29 heavy (non-hydrogen) atoms. The van der Waals surface area contributed by atoms with Crippen molar-refractivity contribution in [3.63, 3.8) is 0 Å². The van der Waals surface area contributed by atoms with Crippen LogP contribution >= 0.6 is 0 Å². The van der Waals surface area contributed by atoms with Crippen molar-refractivity contribution in [2.75, 3.05) is 13.9 Å². The summed E-state index contributed by atoms with van der Waals surface area (Å²) in [4.78, 5) is 14.8. The van der Waals surface area contributed by atoms with E-state index >= 15 is 0 Å². The Kier molecular flexibility index (Phi) is 4.83. The monoisotopic (exact) mass is 390 g/mol. The molecule has 0 bridgehead atoms. The molecule has 0 amide bonds. The van der Waals surface area contributed by atoms with Crippen LogP contribution in [0.4, 0.5) is 0 Å². The van der Waals surface area contributed by atoms with E-state index in [0.29, 0.717) is 34.3 Å². The Bertz CT molecular complexity index is 1180. The van der Waals surface area contributed by atoms with E-state index in [2.05, 4.69) is 4.98 Å². The average Bonchev–Trinajstić information content (AvgIpc) is 3.19. The predicted octanol–water partition coefficient (Wildman–Crippen LogP) is 3.54. The molecule has 0 unspecified atom stereocenters. The molecule has 3 aromatic rings. The Morgan fingerprint density at radius 1 is 1.14 bits per heavy atom. The van der Waals surface area contributed by atoms with Crippen LogP contribution in [0.15, 0.2) is 47.3 Å². The summed E-state index contributed by atoms with van der Waals surface area (Å²) in [6.07, 6.45) is 0. The number of nitriles is 1. The summed E-state index contributed by atoms with van der Waals surface area (Å²) >= 11 is 0. The zero-order valence-corrected chi connectivity index (χ0v) is 15.9. The predicted molar refractivity (Wildman–Crippen MR) is 105 cm³/mol. The molecule has 0 spiro atoms. The van der Waals surface area contributed by atoms with E-state index in [-0.39, 0.29) is 19.0 Å². The first-order valence-corrected chi connectivity index (χ1v) is 8.93. The lowest BCUT2D eigenvalue weighted by Crippen LogP contribution is -2.12. The van der Waals surface area contributed by atoms with Gasteiger partial charge in [-0.2, -0.15) is 5.26 Å². The van der Waals surface area contributed by atoms with Gasteiger partial charge in [-0.05, 0) is 42.8 Å². The molecule has 1 N–H and O–H groups in total. The highest BCUT2D eigenvalue weighted by atomic mass is 16.7. The molecule has 0 atom stereocenters. The number of benzene rings is 2. The standard InChI is InChI=1S/C22H18N2O5/c1-13-7-17(18(10-23)22(25)24-13)14-3-5-19(26-2)15(8-14)11-27-16-4-6-20-21(9-16)29-12-28-20/h3-9H,11-12H2,1-2H3,(H,24,25). The van der Waals surface area contributed by atoms with Crippen molar-refractivity contribution in [2.45, 2.75) is 13.5 Å². The fourth-order valence-electron chi connectivity index (χ4n) is 3.21. The fourth-order valence-corrected chi connectivity index (χ4v) is 3.21. The summed E-state index contributed by atoms with van der Waals surface area (Å²) in [5, 5.41) is 9.41. The number of methoxy groups -OCH3 is 1. The highest BCUT2D eigenvalue weighted by molar-refractivity contribution is 5.71. The third kappa shape index (κ3) is 3.60. The van der Waals surface area contributed by atoms with Crippen LogP contribution in [-0.4, -0.2) is 18.9 Å². The van der Waals surface area contributed by atoms with E-state index in [1.807, 2.05) is 18.2 Å². The molecule has 4 rings (SSSR count). The van der Waals surface area contributed by atoms with Crippen LogP contribution < -0.4 is 24.5 Å². The SMILES string of the molecule is COc1ccc(-c2cc(C)[nH]c(=O)c2C#N)cc1COc1ccc2c(c1)OCO2. The summed E-state index contributed by atoms with van der Waals surface area (Å²) in [5.41, 5.74) is 2.43. The molecule has 1 aromatic heterocycles. The molecular weight excluding hydrogens is 372 g/mol. The number of aryl methyl sites for hydroxylation is 1. The third-order valence-corrected chi connectivity index (χ3v) is 4.61. The smallest absolute Gasteiger partial charge is 0.266 e. The van der Waals surface area contributed by atoms with E-state index in [4.69, 9.17) is 18.9 Å². The number of rotatable bonds is 5. The van der Waals surface area contributed by atoms with Gasteiger partial charge in [-0.3, -0.25) is 4.79 Å². The second-order valence-electron chi connectivity index (χ2n) is 6.51. The maximum absolute atomic E-state index is 12.1.